The Kier molecular flexibility index (Phi) is 3.31. The first-order valence-corrected chi connectivity index (χ1v) is 7.72. The van der Waals surface area contributed by atoms with E-state index in [1.54, 1.807) is 20.0 Å². The summed E-state index contributed by atoms with van der Waals surface area (Å²) < 4.78 is 23.2. The van der Waals surface area contributed by atoms with Gasteiger partial charge in [0.05, 0.1) is 10.5 Å². The summed E-state index contributed by atoms with van der Waals surface area (Å²) in [5.74, 6) is 1.03. The number of anilines is 1. The average molecular weight is 269 g/mol. The fraction of sp³-hybridized carbons (Fsp3) is 0.667. The van der Waals surface area contributed by atoms with Crippen LogP contribution in [0.25, 0.3) is 0 Å². The van der Waals surface area contributed by atoms with E-state index in [2.05, 4.69) is 15.3 Å². The van der Waals surface area contributed by atoms with E-state index >= 15 is 0 Å². The zero-order valence-electron chi connectivity index (χ0n) is 11.0. The maximum Gasteiger partial charge on any atom is 0.155 e. The Labute approximate surface area is 108 Å². The van der Waals surface area contributed by atoms with E-state index in [0.717, 1.165) is 11.4 Å². The molecule has 18 heavy (non-hydrogen) atoms. The van der Waals surface area contributed by atoms with Gasteiger partial charge in [-0.05, 0) is 33.6 Å². The van der Waals surface area contributed by atoms with E-state index in [-0.39, 0.29) is 11.8 Å². The highest BCUT2D eigenvalue weighted by Crippen LogP contribution is 2.31. The molecule has 2 rings (SSSR count). The van der Waals surface area contributed by atoms with Gasteiger partial charge in [-0.25, -0.2) is 18.4 Å². The summed E-state index contributed by atoms with van der Waals surface area (Å²) in [5.41, 5.74) is 0.976. The highest BCUT2D eigenvalue weighted by Gasteiger charge is 2.40. The van der Waals surface area contributed by atoms with Crippen LogP contribution in [0.2, 0.25) is 0 Å². The van der Waals surface area contributed by atoms with Gasteiger partial charge in [0.15, 0.2) is 9.84 Å². The molecule has 0 bridgehead atoms. The largest absolute Gasteiger partial charge is 0.367 e. The van der Waals surface area contributed by atoms with Gasteiger partial charge in [0.1, 0.15) is 12.1 Å². The minimum atomic E-state index is -2.97. The highest BCUT2D eigenvalue weighted by atomic mass is 32.2. The standard InChI is InChI=1S/C12H19N3O2S/c1-9-7-13-8-14-11(9)15-10-4-5-18(16,17)12(2,3)6-10/h7-8,10H,4-6H2,1-3H3,(H,13,14,15). The first kappa shape index (κ1) is 13.3. The van der Waals surface area contributed by atoms with Crippen molar-refractivity contribution in [2.75, 3.05) is 11.1 Å². The predicted octanol–water partition coefficient (Wildman–Crippen LogP) is 1.55. The summed E-state index contributed by atoms with van der Waals surface area (Å²) in [5, 5.41) is 3.33. The SMILES string of the molecule is Cc1cncnc1NC1CCS(=O)(=O)C(C)(C)C1. The summed E-state index contributed by atoms with van der Waals surface area (Å²) in [6.07, 6.45) is 4.49. The lowest BCUT2D eigenvalue weighted by Crippen LogP contribution is -2.45. The lowest BCUT2D eigenvalue weighted by molar-refractivity contribution is 0.462. The van der Waals surface area contributed by atoms with Crippen molar-refractivity contribution >= 4 is 15.7 Å². The van der Waals surface area contributed by atoms with Gasteiger partial charge in [-0.2, -0.15) is 0 Å². The Morgan fingerprint density at radius 2 is 2.17 bits per heavy atom. The third kappa shape index (κ3) is 2.48. The van der Waals surface area contributed by atoms with Crippen LogP contribution in [0.1, 0.15) is 32.3 Å². The highest BCUT2D eigenvalue weighted by molar-refractivity contribution is 7.92. The van der Waals surface area contributed by atoms with Crippen molar-refractivity contribution < 1.29 is 8.42 Å². The molecule has 1 fully saturated rings. The van der Waals surface area contributed by atoms with Gasteiger partial charge in [0, 0.05) is 17.8 Å². The topological polar surface area (TPSA) is 72.0 Å². The van der Waals surface area contributed by atoms with Gasteiger partial charge < -0.3 is 5.32 Å². The van der Waals surface area contributed by atoms with Gasteiger partial charge in [-0.1, -0.05) is 0 Å². The van der Waals surface area contributed by atoms with Crippen LogP contribution in [0.3, 0.4) is 0 Å². The van der Waals surface area contributed by atoms with Gasteiger partial charge >= 0.3 is 0 Å². The van der Waals surface area contributed by atoms with Crippen molar-refractivity contribution in [2.45, 2.75) is 44.4 Å². The summed E-state index contributed by atoms with van der Waals surface area (Å²) >= 11 is 0. The molecule has 0 amide bonds. The van der Waals surface area contributed by atoms with Crippen LogP contribution < -0.4 is 5.32 Å². The number of nitrogens with one attached hydrogen (secondary N) is 1. The summed E-state index contributed by atoms with van der Waals surface area (Å²) in [6.45, 7) is 5.53. The average Bonchev–Trinajstić information content (AvgIpc) is 2.27. The van der Waals surface area contributed by atoms with Crippen molar-refractivity contribution in [3.8, 4) is 0 Å². The number of rotatable bonds is 2. The number of aromatic nitrogens is 2. The van der Waals surface area contributed by atoms with E-state index < -0.39 is 14.6 Å². The maximum absolute atomic E-state index is 11.9. The van der Waals surface area contributed by atoms with Gasteiger partial charge in [-0.15, -0.1) is 0 Å². The molecule has 1 aromatic rings. The Hall–Kier alpha value is -1.17. The van der Waals surface area contributed by atoms with E-state index in [4.69, 9.17) is 0 Å². The Bertz CT molecular complexity index is 540. The molecule has 1 saturated heterocycles. The minimum absolute atomic E-state index is 0.150. The lowest BCUT2D eigenvalue weighted by Gasteiger charge is -2.35. The molecule has 0 aliphatic carbocycles. The molecule has 6 heteroatoms. The first-order chi connectivity index (χ1) is 8.32. The van der Waals surface area contributed by atoms with E-state index in [1.165, 1.54) is 6.33 Å². The quantitative estimate of drug-likeness (QED) is 0.882. The van der Waals surface area contributed by atoms with Crippen LogP contribution in [-0.4, -0.2) is 34.9 Å². The smallest absolute Gasteiger partial charge is 0.155 e. The molecule has 0 radical (unpaired) electrons. The number of hydrogen-bond acceptors (Lipinski definition) is 5. The molecule has 1 atom stereocenters. The normalized spacial score (nSPS) is 25.6. The minimum Gasteiger partial charge on any atom is -0.367 e. The Morgan fingerprint density at radius 1 is 1.44 bits per heavy atom. The van der Waals surface area contributed by atoms with Crippen LogP contribution in [0, 0.1) is 6.92 Å². The van der Waals surface area contributed by atoms with Gasteiger partial charge in [0.2, 0.25) is 0 Å². The maximum atomic E-state index is 11.9. The van der Waals surface area contributed by atoms with Crippen molar-refractivity contribution in [3.05, 3.63) is 18.1 Å². The zero-order chi connectivity index (χ0) is 13.4. The summed E-state index contributed by atoms with van der Waals surface area (Å²) in [6, 6.07) is 0.150. The van der Waals surface area contributed by atoms with Crippen molar-refractivity contribution in [1.29, 1.82) is 0 Å². The monoisotopic (exact) mass is 269 g/mol. The molecule has 0 spiro atoms. The van der Waals surface area contributed by atoms with E-state index in [9.17, 15) is 8.42 Å². The fourth-order valence-corrected chi connectivity index (χ4v) is 3.87. The predicted molar refractivity (Wildman–Crippen MR) is 71.3 cm³/mol. The number of nitrogens with zero attached hydrogens (tertiary/aromatic N) is 2. The zero-order valence-corrected chi connectivity index (χ0v) is 11.8. The van der Waals surface area contributed by atoms with Crippen molar-refractivity contribution in [3.63, 3.8) is 0 Å². The third-order valence-corrected chi connectivity index (χ3v) is 6.17. The molecular weight excluding hydrogens is 250 g/mol. The van der Waals surface area contributed by atoms with E-state index in [0.29, 0.717) is 12.8 Å². The number of aryl methyl sites for hydroxylation is 1. The third-order valence-electron chi connectivity index (χ3n) is 3.55. The van der Waals surface area contributed by atoms with Crippen LogP contribution >= 0.6 is 0 Å². The second-order valence-electron chi connectivity index (χ2n) is 5.47. The summed E-state index contributed by atoms with van der Waals surface area (Å²) in [4.78, 5) is 8.13. The van der Waals surface area contributed by atoms with Crippen LogP contribution in [0.5, 0.6) is 0 Å². The van der Waals surface area contributed by atoms with Gasteiger partial charge in [0.25, 0.3) is 0 Å². The molecule has 2 heterocycles. The molecule has 0 saturated carbocycles. The van der Waals surface area contributed by atoms with Crippen molar-refractivity contribution in [1.82, 2.24) is 9.97 Å². The molecule has 1 aliphatic rings. The second kappa shape index (κ2) is 4.50. The molecule has 5 nitrogen and oxygen atoms in total. The first-order valence-electron chi connectivity index (χ1n) is 6.07. The van der Waals surface area contributed by atoms with Crippen molar-refractivity contribution in [2.24, 2.45) is 0 Å². The lowest BCUT2D eigenvalue weighted by atomic mass is 10.00. The molecule has 0 aromatic carbocycles. The molecule has 1 N–H and O–H groups in total. The fourth-order valence-electron chi connectivity index (χ4n) is 2.26. The van der Waals surface area contributed by atoms with Gasteiger partial charge in [-0.3, -0.25) is 0 Å². The molecule has 1 aliphatic heterocycles. The van der Waals surface area contributed by atoms with Crippen LogP contribution in [0.4, 0.5) is 5.82 Å². The number of sulfone groups is 1. The number of hydrogen-bond donors (Lipinski definition) is 1. The summed E-state index contributed by atoms with van der Waals surface area (Å²) in [7, 11) is -2.97. The van der Waals surface area contributed by atoms with Crippen LogP contribution in [-0.2, 0) is 9.84 Å². The van der Waals surface area contributed by atoms with Crippen LogP contribution in [0.15, 0.2) is 12.5 Å². The second-order valence-corrected chi connectivity index (χ2v) is 8.21. The molecule has 1 aromatic heterocycles. The molecule has 100 valence electrons. The Morgan fingerprint density at radius 3 is 2.78 bits per heavy atom. The molecular formula is C12H19N3O2S. The van der Waals surface area contributed by atoms with E-state index in [1.807, 2.05) is 6.92 Å². The Balaban J connectivity index is 2.12. The molecule has 1 unspecified atom stereocenters.